The van der Waals surface area contributed by atoms with Gasteiger partial charge in [-0.05, 0) is 37.0 Å². The molecule has 2 heterocycles. The zero-order valence-electron chi connectivity index (χ0n) is 19.0. The molecule has 1 aromatic carbocycles. The van der Waals surface area contributed by atoms with Gasteiger partial charge in [0.15, 0.2) is 11.5 Å². The lowest BCUT2D eigenvalue weighted by Crippen LogP contribution is -2.62. The number of amides is 3. The van der Waals surface area contributed by atoms with E-state index >= 15 is 0 Å². The number of nitrogens with zero attached hydrogens (tertiary/aromatic N) is 4. The highest BCUT2D eigenvalue weighted by atomic mass is 16.5. The maximum Gasteiger partial charge on any atom is 0.327 e. The average Bonchev–Trinajstić information content (AvgIpc) is 3.27. The largest absolute Gasteiger partial charge is 0.493 e. The summed E-state index contributed by atoms with van der Waals surface area (Å²) in [6.45, 7) is 4.61. The summed E-state index contributed by atoms with van der Waals surface area (Å²) in [5.74, 6) is 1.92. The van der Waals surface area contributed by atoms with Crippen molar-refractivity contribution in [2.75, 3.05) is 20.8 Å². The molecule has 1 aliphatic heterocycles. The predicted octanol–water partition coefficient (Wildman–Crippen LogP) is 3.73. The Balaban J connectivity index is 1.58. The normalized spacial score (nSPS) is 21.2. The number of urea groups is 1. The van der Waals surface area contributed by atoms with Crippen LogP contribution in [0.2, 0.25) is 0 Å². The molecule has 172 valence electrons. The van der Waals surface area contributed by atoms with Crippen molar-refractivity contribution in [1.29, 1.82) is 0 Å². The minimum Gasteiger partial charge on any atom is -0.493 e. The number of hydrogen-bond acceptors (Lipinski definition) is 7. The molecule has 4 rings (SSSR count). The molecule has 2 fully saturated rings. The van der Waals surface area contributed by atoms with Crippen molar-refractivity contribution in [3.63, 3.8) is 0 Å². The first-order chi connectivity index (χ1) is 15.4. The molecule has 1 aromatic heterocycles. The Morgan fingerprint density at radius 2 is 1.88 bits per heavy atom. The van der Waals surface area contributed by atoms with Crippen LogP contribution in [0, 0.1) is 11.8 Å². The maximum atomic E-state index is 13.3. The van der Waals surface area contributed by atoms with Crippen molar-refractivity contribution < 1.29 is 23.6 Å². The fourth-order valence-electron chi connectivity index (χ4n) is 4.64. The molecule has 1 aliphatic carbocycles. The highest BCUT2D eigenvalue weighted by Crippen LogP contribution is 2.36. The maximum absolute atomic E-state index is 13.3. The third kappa shape index (κ3) is 4.16. The number of carbonyl (C=O) groups excluding carboxylic acids is 2. The van der Waals surface area contributed by atoms with Crippen molar-refractivity contribution in [1.82, 2.24) is 19.9 Å². The first-order valence-corrected chi connectivity index (χ1v) is 11.1. The van der Waals surface area contributed by atoms with Crippen molar-refractivity contribution in [3.8, 4) is 22.9 Å². The quantitative estimate of drug-likeness (QED) is 0.644. The van der Waals surface area contributed by atoms with E-state index in [-0.39, 0.29) is 36.4 Å². The summed E-state index contributed by atoms with van der Waals surface area (Å²) in [5, 5.41) is 4.09. The zero-order chi connectivity index (χ0) is 22.8. The van der Waals surface area contributed by atoms with Crippen LogP contribution in [0.5, 0.6) is 11.5 Å². The number of fused-ring (bicyclic) bond motifs is 1. The smallest absolute Gasteiger partial charge is 0.327 e. The second-order valence-corrected chi connectivity index (χ2v) is 8.79. The summed E-state index contributed by atoms with van der Waals surface area (Å²) in [5.41, 5.74) is 0.717. The van der Waals surface area contributed by atoms with Gasteiger partial charge in [-0.1, -0.05) is 31.8 Å². The lowest BCUT2D eigenvalue weighted by atomic mass is 9.81. The molecule has 32 heavy (non-hydrogen) atoms. The summed E-state index contributed by atoms with van der Waals surface area (Å²) in [7, 11) is 3.14. The summed E-state index contributed by atoms with van der Waals surface area (Å²) >= 11 is 0. The van der Waals surface area contributed by atoms with Crippen LogP contribution in [0.4, 0.5) is 4.79 Å². The van der Waals surface area contributed by atoms with Crippen LogP contribution >= 0.6 is 0 Å². The van der Waals surface area contributed by atoms with Crippen LogP contribution in [-0.2, 0) is 11.3 Å². The second-order valence-electron chi connectivity index (χ2n) is 8.79. The molecule has 1 saturated heterocycles. The Labute approximate surface area is 187 Å². The highest BCUT2D eigenvalue weighted by Gasteiger charge is 2.47. The summed E-state index contributed by atoms with van der Waals surface area (Å²) in [6.07, 6.45) is 3.63. The number of aromatic nitrogens is 2. The van der Waals surface area contributed by atoms with Crippen molar-refractivity contribution in [3.05, 3.63) is 24.1 Å². The number of carbonyl (C=O) groups is 2. The molecule has 0 spiro atoms. The molecule has 2 aliphatic rings. The van der Waals surface area contributed by atoms with Gasteiger partial charge in [0.05, 0.1) is 20.1 Å². The van der Waals surface area contributed by atoms with E-state index in [0.29, 0.717) is 29.8 Å². The summed E-state index contributed by atoms with van der Waals surface area (Å²) < 4.78 is 16.1. The van der Waals surface area contributed by atoms with Crippen LogP contribution < -0.4 is 9.47 Å². The van der Waals surface area contributed by atoms with E-state index in [4.69, 9.17) is 14.0 Å². The first kappa shape index (κ1) is 22.1. The van der Waals surface area contributed by atoms with Gasteiger partial charge in [-0.2, -0.15) is 4.98 Å². The Morgan fingerprint density at radius 3 is 2.59 bits per heavy atom. The summed E-state index contributed by atoms with van der Waals surface area (Å²) in [4.78, 5) is 33.9. The molecule has 9 nitrogen and oxygen atoms in total. The van der Waals surface area contributed by atoms with E-state index in [0.717, 1.165) is 31.2 Å². The molecule has 9 heteroatoms. The molecular formula is C23H30N4O5. The van der Waals surface area contributed by atoms with Gasteiger partial charge in [0.1, 0.15) is 6.54 Å². The van der Waals surface area contributed by atoms with E-state index in [1.165, 1.54) is 4.90 Å². The number of benzene rings is 1. The second kappa shape index (κ2) is 9.18. The SMILES string of the molecule is COc1ccc(-c2noc(CN3C(=O)N(CC(C)C)C(=O)C4CCCCC43)n2)cc1OC. The van der Waals surface area contributed by atoms with Crippen LogP contribution in [0.1, 0.15) is 45.4 Å². The molecule has 0 radical (unpaired) electrons. The standard InChI is InChI=1S/C23H30N4O5/c1-14(2)12-27-22(28)16-7-5-6-8-17(16)26(23(27)29)13-20-24-21(25-32-20)15-9-10-18(30-3)19(11-15)31-4/h9-11,14,16-17H,5-8,12-13H2,1-4H3. The van der Waals surface area contributed by atoms with E-state index in [1.54, 1.807) is 31.3 Å². The number of imide groups is 1. The van der Waals surface area contributed by atoms with Gasteiger partial charge in [0.2, 0.25) is 17.6 Å². The monoisotopic (exact) mass is 442 g/mol. The first-order valence-electron chi connectivity index (χ1n) is 11.1. The Hall–Kier alpha value is -3.10. The number of hydrogen-bond donors (Lipinski definition) is 0. The van der Waals surface area contributed by atoms with Gasteiger partial charge in [0, 0.05) is 18.2 Å². The number of ether oxygens (including phenoxy) is 2. The fourth-order valence-corrected chi connectivity index (χ4v) is 4.64. The number of rotatable bonds is 7. The van der Waals surface area contributed by atoms with Gasteiger partial charge in [0.25, 0.3) is 0 Å². The lowest BCUT2D eigenvalue weighted by molar-refractivity contribution is -0.141. The van der Waals surface area contributed by atoms with Gasteiger partial charge in [-0.3, -0.25) is 9.69 Å². The van der Waals surface area contributed by atoms with Crippen molar-refractivity contribution in [2.24, 2.45) is 11.8 Å². The Morgan fingerprint density at radius 1 is 1.12 bits per heavy atom. The van der Waals surface area contributed by atoms with E-state index < -0.39 is 0 Å². The molecular weight excluding hydrogens is 412 g/mol. The van der Waals surface area contributed by atoms with Gasteiger partial charge in [-0.15, -0.1) is 0 Å². The molecule has 0 N–H and O–H groups in total. The predicted molar refractivity (Wildman–Crippen MR) is 116 cm³/mol. The lowest BCUT2D eigenvalue weighted by Gasteiger charge is -2.46. The Kier molecular flexibility index (Phi) is 6.34. The van der Waals surface area contributed by atoms with Gasteiger partial charge >= 0.3 is 6.03 Å². The minimum absolute atomic E-state index is 0.0406. The average molecular weight is 443 g/mol. The Bertz CT molecular complexity index is 989. The zero-order valence-corrected chi connectivity index (χ0v) is 19.0. The van der Waals surface area contributed by atoms with Crippen LogP contribution in [0.3, 0.4) is 0 Å². The van der Waals surface area contributed by atoms with Crippen molar-refractivity contribution in [2.45, 2.75) is 52.1 Å². The third-order valence-electron chi connectivity index (χ3n) is 6.15. The van der Waals surface area contributed by atoms with E-state index in [1.807, 2.05) is 19.9 Å². The van der Waals surface area contributed by atoms with Crippen LogP contribution in [-0.4, -0.2) is 58.7 Å². The van der Waals surface area contributed by atoms with Crippen molar-refractivity contribution >= 4 is 11.9 Å². The number of methoxy groups -OCH3 is 2. The van der Waals surface area contributed by atoms with Gasteiger partial charge in [-0.25, -0.2) is 4.79 Å². The van der Waals surface area contributed by atoms with E-state index in [9.17, 15) is 9.59 Å². The minimum atomic E-state index is -0.266. The summed E-state index contributed by atoms with van der Waals surface area (Å²) in [6, 6.07) is 4.99. The third-order valence-corrected chi connectivity index (χ3v) is 6.15. The molecule has 2 aromatic rings. The van der Waals surface area contributed by atoms with E-state index in [2.05, 4.69) is 10.1 Å². The molecule has 2 unspecified atom stereocenters. The topological polar surface area (TPSA) is 98.0 Å². The molecule has 1 saturated carbocycles. The molecule has 3 amide bonds. The van der Waals surface area contributed by atoms with Crippen LogP contribution in [0.15, 0.2) is 22.7 Å². The fraction of sp³-hybridized carbons (Fsp3) is 0.565. The van der Waals surface area contributed by atoms with Crippen LogP contribution in [0.25, 0.3) is 11.4 Å². The van der Waals surface area contributed by atoms with Gasteiger partial charge < -0.3 is 18.9 Å². The molecule has 0 bridgehead atoms. The highest BCUT2D eigenvalue weighted by molar-refractivity contribution is 5.98. The molecule has 2 atom stereocenters.